The van der Waals surface area contributed by atoms with Gasteiger partial charge in [0.25, 0.3) is 0 Å². The van der Waals surface area contributed by atoms with Crippen LogP contribution in [0.1, 0.15) is 22.3 Å². The molecule has 0 saturated heterocycles. The lowest BCUT2D eigenvalue weighted by Crippen LogP contribution is -2.06. The Labute approximate surface area is 127 Å². The van der Waals surface area contributed by atoms with Gasteiger partial charge in [0.05, 0.1) is 18.8 Å². The van der Waals surface area contributed by atoms with Gasteiger partial charge in [-0.15, -0.1) is 0 Å². The van der Waals surface area contributed by atoms with Crippen LogP contribution >= 0.6 is 0 Å². The van der Waals surface area contributed by atoms with Crippen LogP contribution in [0.25, 0.3) is 0 Å². The van der Waals surface area contributed by atoms with Crippen molar-refractivity contribution in [2.75, 3.05) is 13.2 Å². The summed E-state index contributed by atoms with van der Waals surface area (Å²) < 4.78 is 29.1. The molecule has 0 spiro atoms. The zero-order valence-electron chi connectivity index (χ0n) is 11.9. The summed E-state index contributed by atoms with van der Waals surface area (Å²) in [5, 5.41) is 0. The SMILES string of the molecule is O=C(OCc1ccc(F)cc1)c1ccc2c(c1)OCCCO2. The molecule has 0 aromatic heterocycles. The molecule has 0 radical (unpaired) electrons. The van der Waals surface area contributed by atoms with Gasteiger partial charge in [-0.25, -0.2) is 9.18 Å². The largest absolute Gasteiger partial charge is 0.490 e. The molecule has 0 atom stereocenters. The van der Waals surface area contributed by atoms with Crippen LogP contribution in [0, 0.1) is 5.82 Å². The highest BCUT2D eigenvalue weighted by Gasteiger charge is 2.15. The third-order valence-electron chi connectivity index (χ3n) is 3.27. The Hall–Kier alpha value is -2.56. The Balaban J connectivity index is 1.67. The van der Waals surface area contributed by atoms with E-state index in [2.05, 4.69) is 0 Å². The second-order valence-corrected chi connectivity index (χ2v) is 4.91. The van der Waals surface area contributed by atoms with Crippen LogP contribution in [0.3, 0.4) is 0 Å². The van der Waals surface area contributed by atoms with E-state index in [9.17, 15) is 9.18 Å². The van der Waals surface area contributed by atoms with E-state index in [1.54, 1.807) is 30.3 Å². The predicted molar refractivity (Wildman–Crippen MR) is 77.6 cm³/mol. The summed E-state index contributed by atoms with van der Waals surface area (Å²) in [5.41, 5.74) is 1.12. The lowest BCUT2D eigenvalue weighted by molar-refractivity contribution is 0.0472. The highest BCUT2D eigenvalue weighted by Crippen LogP contribution is 2.30. The molecule has 4 nitrogen and oxygen atoms in total. The van der Waals surface area contributed by atoms with Crippen molar-refractivity contribution in [1.29, 1.82) is 0 Å². The van der Waals surface area contributed by atoms with E-state index in [4.69, 9.17) is 14.2 Å². The number of benzene rings is 2. The van der Waals surface area contributed by atoms with Gasteiger partial charge in [0.15, 0.2) is 11.5 Å². The van der Waals surface area contributed by atoms with Crippen molar-refractivity contribution < 1.29 is 23.4 Å². The molecule has 5 heteroatoms. The first-order valence-electron chi connectivity index (χ1n) is 7.03. The minimum absolute atomic E-state index is 0.0908. The van der Waals surface area contributed by atoms with Gasteiger partial charge in [-0.2, -0.15) is 0 Å². The molecule has 0 fully saturated rings. The Morgan fingerprint density at radius 3 is 2.55 bits per heavy atom. The molecule has 2 aromatic carbocycles. The normalized spacial score (nSPS) is 13.3. The number of hydrogen-bond donors (Lipinski definition) is 0. The van der Waals surface area contributed by atoms with Crippen LogP contribution in [-0.4, -0.2) is 19.2 Å². The van der Waals surface area contributed by atoms with Gasteiger partial charge in [0.1, 0.15) is 12.4 Å². The third kappa shape index (κ3) is 3.36. The lowest BCUT2D eigenvalue weighted by atomic mass is 10.2. The summed E-state index contributed by atoms with van der Waals surface area (Å²) in [7, 11) is 0. The monoisotopic (exact) mass is 302 g/mol. The molecule has 2 aromatic rings. The minimum Gasteiger partial charge on any atom is -0.490 e. The van der Waals surface area contributed by atoms with Crippen molar-refractivity contribution in [3.05, 3.63) is 59.4 Å². The van der Waals surface area contributed by atoms with Gasteiger partial charge in [0, 0.05) is 6.42 Å². The molecule has 3 rings (SSSR count). The van der Waals surface area contributed by atoms with E-state index in [0.29, 0.717) is 30.3 Å². The molecular weight excluding hydrogens is 287 g/mol. The number of fused-ring (bicyclic) bond motifs is 1. The van der Waals surface area contributed by atoms with E-state index in [0.717, 1.165) is 12.0 Å². The van der Waals surface area contributed by atoms with Gasteiger partial charge in [-0.1, -0.05) is 12.1 Å². The van der Waals surface area contributed by atoms with Crippen LogP contribution in [0.5, 0.6) is 11.5 Å². The lowest BCUT2D eigenvalue weighted by Gasteiger charge is -2.09. The molecule has 0 unspecified atom stereocenters. The van der Waals surface area contributed by atoms with Crippen molar-refractivity contribution in [2.45, 2.75) is 13.0 Å². The van der Waals surface area contributed by atoms with Crippen LogP contribution in [-0.2, 0) is 11.3 Å². The number of ether oxygens (including phenoxy) is 3. The smallest absolute Gasteiger partial charge is 0.338 e. The second kappa shape index (κ2) is 6.47. The van der Waals surface area contributed by atoms with E-state index in [-0.39, 0.29) is 12.4 Å². The maximum atomic E-state index is 12.8. The first-order chi connectivity index (χ1) is 10.7. The molecule has 0 N–H and O–H groups in total. The fourth-order valence-electron chi connectivity index (χ4n) is 2.10. The van der Waals surface area contributed by atoms with Crippen LogP contribution in [0.2, 0.25) is 0 Å². The van der Waals surface area contributed by atoms with Crippen LogP contribution < -0.4 is 9.47 Å². The van der Waals surface area contributed by atoms with E-state index < -0.39 is 5.97 Å². The molecule has 22 heavy (non-hydrogen) atoms. The summed E-state index contributed by atoms with van der Waals surface area (Å²) in [6.45, 7) is 1.25. The maximum absolute atomic E-state index is 12.8. The van der Waals surface area contributed by atoms with E-state index in [1.807, 2.05) is 0 Å². The number of esters is 1. The minimum atomic E-state index is -0.458. The fraction of sp³-hybridized carbons (Fsp3) is 0.235. The molecule has 0 bridgehead atoms. The number of halogens is 1. The average Bonchev–Trinajstić information content (AvgIpc) is 2.78. The van der Waals surface area contributed by atoms with Crippen LogP contribution in [0.15, 0.2) is 42.5 Å². The summed E-state index contributed by atoms with van der Waals surface area (Å²) >= 11 is 0. The molecule has 0 amide bonds. The molecule has 114 valence electrons. The maximum Gasteiger partial charge on any atom is 0.338 e. The zero-order valence-corrected chi connectivity index (χ0v) is 11.9. The van der Waals surface area contributed by atoms with Crippen molar-refractivity contribution >= 4 is 5.97 Å². The zero-order chi connectivity index (χ0) is 15.4. The van der Waals surface area contributed by atoms with Crippen LogP contribution in [0.4, 0.5) is 4.39 Å². The summed E-state index contributed by atoms with van der Waals surface area (Å²) in [5.74, 6) is 0.402. The van der Waals surface area contributed by atoms with Crippen molar-refractivity contribution in [3.63, 3.8) is 0 Å². The molecule has 1 aliphatic heterocycles. The van der Waals surface area contributed by atoms with Gasteiger partial charge in [-0.05, 0) is 35.9 Å². The average molecular weight is 302 g/mol. The molecule has 1 heterocycles. The summed E-state index contributed by atoms with van der Waals surface area (Å²) in [4.78, 5) is 12.1. The molecule has 0 aliphatic carbocycles. The Bertz CT molecular complexity index is 667. The fourth-order valence-corrected chi connectivity index (χ4v) is 2.10. The summed E-state index contributed by atoms with van der Waals surface area (Å²) in [6, 6.07) is 10.8. The number of carbonyl (C=O) groups is 1. The van der Waals surface area contributed by atoms with Crippen molar-refractivity contribution in [2.24, 2.45) is 0 Å². The second-order valence-electron chi connectivity index (χ2n) is 4.91. The van der Waals surface area contributed by atoms with Gasteiger partial charge < -0.3 is 14.2 Å². The summed E-state index contributed by atoms with van der Waals surface area (Å²) in [6.07, 6.45) is 0.805. The molecule has 1 aliphatic rings. The van der Waals surface area contributed by atoms with Gasteiger partial charge in [-0.3, -0.25) is 0 Å². The molecular formula is C17H15FO4. The number of carbonyl (C=O) groups excluding carboxylic acids is 1. The van der Waals surface area contributed by atoms with Gasteiger partial charge >= 0.3 is 5.97 Å². The van der Waals surface area contributed by atoms with Crippen molar-refractivity contribution in [1.82, 2.24) is 0 Å². The Morgan fingerprint density at radius 2 is 1.77 bits per heavy atom. The number of rotatable bonds is 3. The quantitative estimate of drug-likeness (QED) is 0.816. The first kappa shape index (κ1) is 14.4. The highest BCUT2D eigenvalue weighted by atomic mass is 19.1. The topological polar surface area (TPSA) is 44.8 Å². The van der Waals surface area contributed by atoms with E-state index >= 15 is 0 Å². The third-order valence-corrected chi connectivity index (χ3v) is 3.27. The standard InChI is InChI=1S/C17H15FO4/c18-14-5-2-12(3-6-14)11-22-17(19)13-4-7-15-16(10-13)21-9-1-8-20-15/h2-7,10H,1,8-9,11H2. The Morgan fingerprint density at radius 1 is 1.05 bits per heavy atom. The van der Waals surface area contributed by atoms with E-state index in [1.165, 1.54) is 12.1 Å². The van der Waals surface area contributed by atoms with Gasteiger partial charge in [0.2, 0.25) is 0 Å². The van der Waals surface area contributed by atoms with Crippen molar-refractivity contribution in [3.8, 4) is 11.5 Å². The number of hydrogen-bond acceptors (Lipinski definition) is 4. The molecule has 0 saturated carbocycles. The Kier molecular flexibility index (Phi) is 4.23. The highest BCUT2D eigenvalue weighted by molar-refractivity contribution is 5.90. The first-order valence-corrected chi connectivity index (χ1v) is 7.03. The predicted octanol–water partition coefficient (Wildman–Crippen LogP) is 3.34.